The number of pyridine rings is 1. The molecule has 2 aromatic carbocycles. The number of hydrogen-bond acceptors (Lipinski definition) is 5. The van der Waals surface area contributed by atoms with Gasteiger partial charge in [-0.25, -0.2) is 13.6 Å². The van der Waals surface area contributed by atoms with Gasteiger partial charge in [0.05, 0.1) is 0 Å². The molecule has 0 aliphatic carbocycles. The van der Waals surface area contributed by atoms with Crippen LogP contribution in [-0.2, 0) is 22.4 Å². The lowest BCUT2D eigenvalue weighted by Crippen LogP contribution is -2.23. The van der Waals surface area contributed by atoms with Crippen molar-refractivity contribution in [2.24, 2.45) is 0 Å². The molecule has 7 nitrogen and oxygen atoms in total. The molecule has 1 atom stereocenters. The van der Waals surface area contributed by atoms with E-state index in [0.29, 0.717) is 17.7 Å². The van der Waals surface area contributed by atoms with Gasteiger partial charge in [0, 0.05) is 11.9 Å². The topological polar surface area (TPSA) is 94.6 Å². The van der Waals surface area contributed by atoms with Gasteiger partial charge < -0.3 is 10.4 Å². The summed E-state index contributed by atoms with van der Waals surface area (Å²) in [6.07, 6.45) is 0.782. The predicted molar refractivity (Wildman–Crippen MR) is 106 cm³/mol. The molecule has 3 aromatic rings. The standard InChI is InChI=1S/C19H17FN4O3S/c20-17-18-13(10-14(25)19(17)24-11-16(26)23-28(24)27)6-7-15(22-18)21-9-8-12-4-2-1-3-5-12/h1-7,10,25H,8-9,11H2,(H,21,22)(H,23,26). The number of phenols is 1. The Morgan fingerprint density at radius 2 is 2.04 bits per heavy atom. The number of nitrogens with one attached hydrogen (secondary N) is 2. The number of anilines is 2. The number of hydrogen-bond donors (Lipinski definition) is 3. The number of phenolic OH excluding ortho intramolecular Hbond substituents is 1. The maximum atomic E-state index is 15.1. The Morgan fingerprint density at radius 3 is 2.75 bits per heavy atom. The fraction of sp³-hybridized carbons (Fsp3) is 0.158. The van der Waals surface area contributed by atoms with E-state index in [4.69, 9.17) is 0 Å². The van der Waals surface area contributed by atoms with Crippen LogP contribution in [0.2, 0.25) is 0 Å². The lowest BCUT2D eigenvalue weighted by atomic mass is 10.1. The minimum Gasteiger partial charge on any atom is -0.506 e. The van der Waals surface area contributed by atoms with E-state index in [1.54, 1.807) is 12.1 Å². The Bertz CT molecular complexity index is 1080. The summed E-state index contributed by atoms with van der Waals surface area (Å²) >= 11 is -1.95. The summed E-state index contributed by atoms with van der Waals surface area (Å²) in [6, 6.07) is 14.6. The molecule has 1 amide bonds. The zero-order valence-corrected chi connectivity index (χ0v) is 15.5. The zero-order valence-electron chi connectivity index (χ0n) is 14.7. The van der Waals surface area contributed by atoms with Crippen molar-refractivity contribution in [1.29, 1.82) is 0 Å². The summed E-state index contributed by atoms with van der Waals surface area (Å²) < 4.78 is 30.2. The fourth-order valence-corrected chi connectivity index (χ4v) is 4.00. The smallest absolute Gasteiger partial charge is 0.253 e. The zero-order chi connectivity index (χ0) is 19.7. The van der Waals surface area contributed by atoms with E-state index in [-0.39, 0.29) is 17.7 Å². The van der Waals surface area contributed by atoms with Crippen molar-refractivity contribution in [3.05, 3.63) is 59.9 Å². The third-order valence-corrected chi connectivity index (χ3v) is 5.49. The largest absolute Gasteiger partial charge is 0.506 e. The third kappa shape index (κ3) is 3.48. The minimum absolute atomic E-state index is 0.0221. The van der Waals surface area contributed by atoms with E-state index in [2.05, 4.69) is 15.0 Å². The van der Waals surface area contributed by atoms with Gasteiger partial charge in [-0.3, -0.25) is 13.8 Å². The van der Waals surface area contributed by atoms with Crippen molar-refractivity contribution >= 4 is 39.5 Å². The number of rotatable bonds is 5. The summed E-state index contributed by atoms with van der Waals surface area (Å²) in [6.45, 7) is 0.307. The van der Waals surface area contributed by atoms with Gasteiger partial charge in [-0.1, -0.05) is 30.3 Å². The molecule has 0 radical (unpaired) electrons. The van der Waals surface area contributed by atoms with Crippen LogP contribution in [0.1, 0.15) is 5.56 Å². The van der Waals surface area contributed by atoms with Gasteiger partial charge in [0.25, 0.3) is 5.91 Å². The lowest BCUT2D eigenvalue weighted by Gasteiger charge is -2.17. The summed E-state index contributed by atoms with van der Waals surface area (Å²) in [5, 5.41) is 13.7. The number of benzene rings is 2. The van der Waals surface area contributed by atoms with Gasteiger partial charge in [-0.05, 0) is 30.2 Å². The molecule has 1 aliphatic heterocycles. The first-order chi connectivity index (χ1) is 13.5. The van der Waals surface area contributed by atoms with Crippen LogP contribution in [0, 0.1) is 5.82 Å². The van der Waals surface area contributed by atoms with E-state index < -0.39 is 28.6 Å². The molecule has 0 saturated carbocycles. The van der Waals surface area contributed by atoms with Gasteiger partial charge in [0.1, 0.15) is 29.3 Å². The van der Waals surface area contributed by atoms with E-state index in [9.17, 15) is 14.1 Å². The molecule has 1 aliphatic rings. The normalized spacial score (nSPS) is 16.4. The second kappa shape index (κ2) is 7.43. The number of carbonyl (C=O) groups is 1. The average Bonchev–Trinajstić information content (AvgIpc) is 3.01. The van der Waals surface area contributed by atoms with Crippen LogP contribution in [0.15, 0.2) is 48.5 Å². The maximum Gasteiger partial charge on any atom is 0.253 e. The summed E-state index contributed by atoms with van der Waals surface area (Å²) in [4.78, 5) is 15.7. The van der Waals surface area contributed by atoms with Crippen molar-refractivity contribution in [2.75, 3.05) is 22.7 Å². The van der Waals surface area contributed by atoms with Crippen molar-refractivity contribution in [3.8, 4) is 5.75 Å². The Morgan fingerprint density at radius 1 is 1.25 bits per heavy atom. The monoisotopic (exact) mass is 400 g/mol. The van der Waals surface area contributed by atoms with Crippen LogP contribution < -0.4 is 14.3 Å². The summed E-state index contributed by atoms with van der Waals surface area (Å²) in [7, 11) is 0. The summed E-state index contributed by atoms with van der Waals surface area (Å²) in [5.74, 6) is -1.26. The van der Waals surface area contributed by atoms with Crippen molar-refractivity contribution in [3.63, 3.8) is 0 Å². The van der Waals surface area contributed by atoms with Crippen LogP contribution in [0.4, 0.5) is 15.9 Å². The molecule has 0 spiro atoms. The second-order valence-corrected chi connectivity index (χ2v) is 7.44. The number of aromatic nitrogens is 1. The Hall–Kier alpha value is -3.20. The van der Waals surface area contributed by atoms with Crippen molar-refractivity contribution in [1.82, 2.24) is 9.71 Å². The van der Waals surface area contributed by atoms with Crippen molar-refractivity contribution in [2.45, 2.75) is 6.42 Å². The predicted octanol–water partition coefficient (Wildman–Crippen LogP) is 2.25. The molecule has 3 N–H and O–H groups in total. The minimum atomic E-state index is -1.95. The van der Waals surface area contributed by atoms with Crippen LogP contribution >= 0.6 is 0 Å². The molecule has 4 rings (SSSR count). The third-order valence-electron chi connectivity index (χ3n) is 4.38. The van der Waals surface area contributed by atoms with Gasteiger partial charge in [-0.2, -0.15) is 0 Å². The fourth-order valence-electron chi connectivity index (χ4n) is 3.05. The van der Waals surface area contributed by atoms with E-state index in [1.165, 1.54) is 11.6 Å². The Labute approximate surface area is 162 Å². The van der Waals surface area contributed by atoms with E-state index in [1.807, 2.05) is 30.3 Å². The molecular formula is C19H17FN4O3S. The van der Waals surface area contributed by atoms with Gasteiger partial charge >= 0.3 is 0 Å². The van der Waals surface area contributed by atoms with E-state index >= 15 is 4.39 Å². The molecule has 28 heavy (non-hydrogen) atoms. The molecule has 1 aromatic heterocycles. The van der Waals surface area contributed by atoms with Gasteiger partial charge in [0.2, 0.25) is 11.2 Å². The number of fused-ring (bicyclic) bond motifs is 1. The molecule has 1 saturated heterocycles. The first-order valence-corrected chi connectivity index (χ1v) is 9.72. The molecule has 144 valence electrons. The maximum absolute atomic E-state index is 15.1. The van der Waals surface area contributed by atoms with Gasteiger partial charge in [0.15, 0.2) is 5.82 Å². The summed E-state index contributed by atoms with van der Waals surface area (Å²) in [5.41, 5.74) is 0.884. The number of amides is 1. The van der Waals surface area contributed by atoms with Crippen LogP contribution in [0.5, 0.6) is 5.75 Å². The van der Waals surface area contributed by atoms with Crippen LogP contribution in [0.3, 0.4) is 0 Å². The molecule has 0 bridgehead atoms. The molecular weight excluding hydrogens is 383 g/mol. The van der Waals surface area contributed by atoms with Crippen molar-refractivity contribution < 1.29 is 18.5 Å². The highest BCUT2D eigenvalue weighted by molar-refractivity contribution is 7.85. The number of halogens is 1. The highest BCUT2D eigenvalue weighted by Gasteiger charge is 2.32. The van der Waals surface area contributed by atoms with E-state index in [0.717, 1.165) is 10.7 Å². The molecule has 2 heterocycles. The van der Waals surface area contributed by atoms with Gasteiger partial charge in [-0.15, -0.1) is 0 Å². The SMILES string of the molecule is O=C1CN(c2c(O)cc3ccc(NCCc4ccccc4)nc3c2F)S(=O)N1. The Kier molecular flexibility index (Phi) is 4.82. The van der Waals surface area contributed by atoms with Crippen LogP contribution in [-0.4, -0.2) is 33.3 Å². The average molecular weight is 400 g/mol. The lowest BCUT2D eigenvalue weighted by molar-refractivity contribution is -0.117. The quantitative estimate of drug-likeness (QED) is 0.611. The Balaban J connectivity index is 1.61. The first kappa shape index (κ1) is 18.2. The number of aromatic hydroxyl groups is 1. The molecule has 1 unspecified atom stereocenters. The second-order valence-electron chi connectivity index (χ2n) is 6.30. The molecule has 9 heteroatoms. The number of nitrogens with zero attached hydrogens (tertiary/aromatic N) is 2. The van der Waals surface area contributed by atoms with Crippen LogP contribution in [0.25, 0.3) is 10.9 Å². The first-order valence-electron chi connectivity index (χ1n) is 8.62. The molecule has 1 fully saturated rings. The highest BCUT2D eigenvalue weighted by Crippen LogP contribution is 2.37. The highest BCUT2D eigenvalue weighted by atomic mass is 32.2. The number of carbonyl (C=O) groups excluding carboxylic acids is 1.